The van der Waals surface area contributed by atoms with E-state index in [9.17, 15) is 4.79 Å². The van der Waals surface area contributed by atoms with Crippen LogP contribution in [-0.2, 0) is 6.54 Å². The van der Waals surface area contributed by atoms with Crippen molar-refractivity contribution in [3.63, 3.8) is 0 Å². The van der Waals surface area contributed by atoms with E-state index in [0.717, 1.165) is 0 Å². The lowest BCUT2D eigenvalue weighted by Gasteiger charge is -2.12. The minimum Gasteiger partial charge on any atom is -0.493 e. The van der Waals surface area contributed by atoms with Crippen LogP contribution in [0.5, 0.6) is 5.75 Å². The van der Waals surface area contributed by atoms with E-state index >= 15 is 0 Å². The molecule has 20 heavy (non-hydrogen) atoms. The number of nitrogens with one attached hydrogen (secondary N) is 1. The summed E-state index contributed by atoms with van der Waals surface area (Å²) in [5, 5.41) is 2.71. The van der Waals surface area contributed by atoms with E-state index in [0.29, 0.717) is 35.3 Å². The number of amides is 1. The molecule has 2 aromatic rings. The van der Waals surface area contributed by atoms with Crippen molar-refractivity contribution in [3.8, 4) is 5.75 Å². The molecule has 6 heteroatoms. The molecule has 0 fully saturated rings. The summed E-state index contributed by atoms with van der Waals surface area (Å²) in [7, 11) is 0. The van der Waals surface area contributed by atoms with E-state index in [2.05, 4.69) is 10.3 Å². The molecule has 0 saturated heterocycles. The Kier molecular flexibility index (Phi) is 4.24. The molecule has 3 N–H and O–H groups in total. The molecular formula is C14H17N3O3. The lowest BCUT2D eigenvalue weighted by Crippen LogP contribution is -2.24. The van der Waals surface area contributed by atoms with Gasteiger partial charge in [-0.25, -0.2) is 4.98 Å². The Morgan fingerprint density at radius 2 is 2.30 bits per heavy atom. The van der Waals surface area contributed by atoms with Gasteiger partial charge in [0.15, 0.2) is 0 Å². The summed E-state index contributed by atoms with van der Waals surface area (Å²) in [4.78, 5) is 16.2. The molecule has 2 rings (SSSR count). The number of aryl methyl sites for hydroxylation is 1. The zero-order chi connectivity index (χ0) is 14.5. The molecule has 0 radical (unpaired) electrons. The number of nitrogen functional groups attached to an aromatic ring is 1. The molecule has 0 aliphatic heterocycles. The summed E-state index contributed by atoms with van der Waals surface area (Å²) in [6, 6.07) is 5.12. The molecule has 0 aliphatic carbocycles. The summed E-state index contributed by atoms with van der Waals surface area (Å²) >= 11 is 0. The molecule has 1 aromatic heterocycles. The summed E-state index contributed by atoms with van der Waals surface area (Å²) in [5.41, 5.74) is 6.55. The van der Waals surface area contributed by atoms with E-state index in [1.807, 2.05) is 6.92 Å². The average Bonchev–Trinajstić information content (AvgIpc) is 2.82. The third-order valence-corrected chi connectivity index (χ3v) is 2.65. The van der Waals surface area contributed by atoms with Crippen molar-refractivity contribution in [1.82, 2.24) is 10.3 Å². The smallest absolute Gasteiger partial charge is 0.257 e. The lowest BCUT2D eigenvalue weighted by atomic mass is 10.1. The first-order valence-corrected chi connectivity index (χ1v) is 6.32. The van der Waals surface area contributed by atoms with Gasteiger partial charge < -0.3 is 20.2 Å². The highest BCUT2D eigenvalue weighted by molar-refractivity contribution is 6.01. The molecule has 0 atom stereocenters. The van der Waals surface area contributed by atoms with Crippen molar-refractivity contribution in [3.05, 3.63) is 41.6 Å². The number of benzene rings is 1. The second kappa shape index (κ2) is 6.10. The van der Waals surface area contributed by atoms with Crippen LogP contribution in [0.15, 0.2) is 28.8 Å². The summed E-state index contributed by atoms with van der Waals surface area (Å²) < 4.78 is 10.7. The van der Waals surface area contributed by atoms with Gasteiger partial charge in [-0.3, -0.25) is 4.79 Å². The van der Waals surface area contributed by atoms with Crippen molar-refractivity contribution in [2.75, 3.05) is 12.3 Å². The van der Waals surface area contributed by atoms with Gasteiger partial charge in [-0.05, 0) is 26.0 Å². The van der Waals surface area contributed by atoms with Crippen LogP contribution >= 0.6 is 0 Å². The van der Waals surface area contributed by atoms with Gasteiger partial charge in [0, 0.05) is 5.69 Å². The SMILES string of the molecule is CCOc1cccc(N)c1C(=O)NCc1ncc(C)o1. The predicted molar refractivity (Wildman–Crippen MR) is 74.4 cm³/mol. The van der Waals surface area contributed by atoms with Gasteiger partial charge in [0.1, 0.15) is 17.1 Å². The number of carbonyl (C=O) groups is 1. The van der Waals surface area contributed by atoms with Crippen LogP contribution in [0.4, 0.5) is 5.69 Å². The predicted octanol–water partition coefficient (Wildman–Crippen LogP) is 1.89. The zero-order valence-electron chi connectivity index (χ0n) is 11.5. The van der Waals surface area contributed by atoms with Gasteiger partial charge in [0.05, 0.1) is 19.3 Å². The highest BCUT2D eigenvalue weighted by Crippen LogP contribution is 2.24. The van der Waals surface area contributed by atoms with Crippen LogP contribution in [-0.4, -0.2) is 17.5 Å². The fourth-order valence-electron chi connectivity index (χ4n) is 1.79. The van der Waals surface area contributed by atoms with Gasteiger partial charge in [0.2, 0.25) is 5.89 Å². The molecule has 1 aromatic carbocycles. The standard InChI is InChI=1S/C14H17N3O3/c1-3-19-11-6-4-5-10(15)13(11)14(18)17-8-12-16-7-9(2)20-12/h4-7H,3,8,15H2,1-2H3,(H,17,18). The largest absolute Gasteiger partial charge is 0.493 e. The van der Waals surface area contributed by atoms with Crippen LogP contribution in [0, 0.1) is 6.92 Å². The first-order chi connectivity index (χ1) is 9.61. The minimum atomic E-state index is -0.317. The third-order valence-electron chi connectivity index (χ3n) is 2.65. The Labute approximate surface area is 116 Å². The number of aromatic nitrogens is 1. The van der Waals surface area contributed by atoms with Crippen molar-refractivity contribution in [2.45, 2.75) is 20.4 Å². The van der Waals surface area contributed by atoms with Gasteiger partial charge >= 0.3 is 0 Å². The molecule has 1 amide bonds. The summed E-state index contributed by atoms with van der Waals surface area (Å²) in [5.74, 6) is 1.29. The Morgan fingerprint density at radius 1 is 1.50 bits per heavy atom. The van der Waals surface area contributed by atoms with Crippen LogP contribution < -0.4 is 15.8 Å². The Morgan fingerprint density at radius 3 is 2.95 bits per heavy atom. The number of hydrogen-bond acceptors (Lipinski definition) is 5. The third kappa shape index (κ3) is 3.09. The van der Waals surface area contributed by atoms with E-state index in [-0.39, 0.29) is 12.5 Å². The number of carbonyl (C=O) groups excluding carboxylic acids is 1. The quantitative estimate of drug-likeness (QED) is 0.813. The number of hydrogen-bond donors (Lipinski definition) is 2. The van der Waals surface area contributed by atoms with E-state index < -0.39 is 0 Å². The minimum absolute atomic E-state index is 0.201. The fourth-order valence-corrected chi connectivity index (χ4v) is 1.79. The summed E-state index contributed by atoms with van der Waals surface area (Å²) in [6.45, 7) is 4.30. The van der Waals surface area contributed by atoms with Gasteiger partial charge in [-0.2, -0.15) is 0 Å². The maximum Gasteiger partial charge on any atom is 0.257 e. The first-order valence-electron chi connectivity index (χ1n) is 6.32. The molecule has 0 unspecified atom stereocenters. The van der Waals surface area contributed by atoms with Gasteiger partial charge in [-0.1, -0.05) is 6.07 Å². The first kappa shape index (κ1) is 13.9. The maximum absolute atomic E-state index is 12.2. The van der Waals surface area contributed by atoms with Crippen molar-refractivity contribution in [2.24, 2.45) is 0 Å². The number of ether oxygens (including phenoxy) is 1. The second-order valence-electron chi connectivity index (χ2n) is 4.20. The van der Waals surface area contributed by atoms with E-state index in [1.54, 1.807) is 31.3 Å². The second-order valence-corrected chi connectivity index (χ2v) is 4.20. The van der Waals surface area contributed by atoms with Crippen molar-refractivity contribution >= 4 is 11.6 Å². The highest BCUT2D eigenvalue weighted by Gasteiger charge is 2.16. The van der Waals surface area contributed by atoms with Crippen LogP contribution in [0.3, 0.4) is 0 Å². The highest BCUT2D eigenvalue weighted by atomic mass is 16.5. The Bertz CT molecular complexity index is 607. The fraction of sp³-hybridized carbons (Fsp3) is 0.286. The molecular weight excluding hydrogens is 258 g/mol. The average molecular weight is 275 g/mol. The Hall–Kier alpha value is -2.50. The number of nitrogens with two attached hydrogens (primary N) is 1. The topological polar surface area (TPSA) is 90.4 Å². The van der Waals surface area contributed by atoms with Gasteiger partial charge in [-0.15, -0.1) is 0 Å². The zero-order valence-corrected chi connectivity index (χ0v) is 11.5. The maximum atomic E-state index is 12.2. The Balaban J connectivity index is 2.12. The summed E-state index contributed by atoms with van der Waals surface area (Å²) in [6.07, 6.45) is 1.60. The number of anilines is 1. The number of rotatable bonds is 5. The van der Waals surface area contributed by atoms with Gasteiger partial charge in [0.25, 0.3) is 5.91 Å². The molecule has 0 saturated carbocycles. The molecule has 0 bridgehead atoms. The van der Waals surface area contributed by atoms with E-state index in [1.165, 1.54) is 0 Å². The number of nitrogens with zero attached hydrogens (tertiary/aromatic N) is 1. The van der Waals surface area contributed by atoms with Crippen LogP contribution in [0.25, 0.3) is 0 Å². The van der Waals surface area contributed by atoms with Crippen LogP contribution in [0.2, 0.25) is 0 Å². The molecule has 6 nitrogen and oxygen atoms in total. The molecule has 0 spiro atoms. The van der Waals surface area contributed by atoms with E-state index in [4.69, 9.17) is 14.9 Å². The lowest BCUT2D eigenvalue weighted by molar-refractivity contribution is 0.0944. The molecule has 1 heterocycles. The normalized spacial score (nSPS) is 10.3. The number of oxazole rings is 1. The molecule has 106 valence electrons. The monoisotopic (exact) mass is 275 g/mol. The van der Waals surface area contributed by atoms with Crippen molar-refractivity contribution < 1.29 is 13.9 Å². The van der Waals surface area contributed by atoms with Crippen molar-refractivity contribution in [1.29, 1.82) is 0 Å². The van der Waals surface area contributed by atoms with Crippen LogP contribution in [0.1, 0.15) is 28.9 Å². The molecule has 0 aliphatic rings.